The van der Waals surface area contributed by atoms with Crippen LogP contribution in [-0.4, -0.2) is 19.5 Å². The quantitative estimate of drug-likeness (QED) is 0.520. The molecule has 1 unspecified atom stereocenters. The maximum absolute atomic E-state index is 11.4. The second-order valence-electron chi connectivity index (χ2n) is 1.61. The van der Waals surface area contributed by atoms with Gasteiger partial charge in [0.05, 0.1) is 0 Å². The molecule has 2 heteroatoms. The Bertz CT molecular complexity index is 70.9. The second kappa shape index (κ2) is 5.24. The van der Waals surface area contributed by atoms with E-state index in [1.165, 1.54) is 0 Å². The number of rotatable bonds is 3. The van der Waals surface area contributed by atoms with Crippen LogP contribution >= 0.6 is 7.92 Å². The summed E-state index contributed by atoms with van der Waals surface area (Å²) in [6, 6.07) is 0. The summed E-state index contributed by atoms with van der Waals surface area (Å²) in [4.78, 5) is 0. The predicted molar refractivity (Wildman–Crippen MR) is 38.5 cm³/mol. The zero-order chi connectivity index (χ0) is 6.41. The zero-order valence-electron chi connectivity index (χ0n) is 5.39. The summed E-state index contributed by atoms with van der Waals surface area (Å²) in [7, 11) is -0.00479. The Balaban J connectivity index is 3.21. The van der Waals surface area contributed by atoms with Gasteiger partial charge in [0.25, 0.3) is 0 Å². The molecule has 8 heavy (non-hydrogen) atoms. The molecule has 0 rings (SSSR count). The van der Waals surface area contributed by atoms with Gasteiger partial charge in [0, 0.05) is 0 Å². The number of alkyl halides is 1. The molecule has 1 atom stereocenters. The van der Waals surface area contributed by atoms with E-state index in [1.807, 2.05) is 5.82 Å². The molecule has 0 saturated heterocycles. The SMILES string of the molecule is CCP(C)/C=C\CF. The first kappa shape index (κ1) is 8.10. The van der Waals surface area contributed by atoms with Crippen molar-refractivity contribution >= 4 is 7.92 Å². The largest absolute Gasteiger partial charge is 0.247 e. The van der Waals surface area contributed by atoms with Crippen LogP contribution in [0.25, 0.3) is 0 Å². The first-order valence-electron chi connectivity index (χ1n) is 2.74. The molecule has 0 heterocycles. The molecular weight excluding hydrogens is 122 g/mol. The summed E-state index contributed by atoms with van der Waals surface area (Å²) >= 11 is 0. The second-order valence-corrected chi connectivity index (χ2v) is 4.06. The highest BCUT2D eigenvalue weighted by Gasteiger charge is 1.86. The molecule has 0 fully saturated rings. The van der Waals surface area contributed by atoms with Gasteiger partial charge in [0.1, 0.15) is 6.67 Å². The highest BCUT2D eigenvalue weighted by Crippen LogP contribution is 2.30. The highest BCUT2D eigenvalue weighted by atomic mass is 31.1. The lowest BCUT2D eigenvalue weighted by Gasteiger charge is -1.97. The summed E-state index contributed by atoms with van der Waals surface area (Å²) in [5.41, 5.74) is 0. The third-order valence-electron chi connectivity index (χ3n) is 0.948. The zero-order valence-corrected chi connectivity index (χ0v) is 6.29. The Hall–Kier alpha value is 0.100. The lowest BCUT2D eigenvalue weighted by Crippen LogP contribution is -1.68. The van der Waals surface area contributed by atoms with Crippen molar-refractivity contribution in [3.63, 3.8) is 0 Å². The summed E-state index contributed by atoms with van der Waals surface area (Å²) in [5, 5.41) is 0. The van der Waals surface area contributed by atoms with E-state index in [0.717, 1.165) is 6.16 Å². The molecule has 0 aliphatic carbocycles. The van der Waals surface area contributed by atoms with Gasteiger partial charge in [-0.2, -0.15) is 0 Å². The van der Waals surface area contributed by atoms with Crippen LogP contribution in [0.2, 0.25) is 0 Å². The van der Waals surface area contributed by atoms with E-state index in [4.69, 9.17) is 0 Å². The summed E-state index contributed by atoms with van der Waals surface area (Å²) in [5.74, 6) is 1.97. The normalized spacial score (nSPS) is 14.9. The monoisotopic (exact) mass is 134 g/mol. The number of allylic oxidation sites excluding steroid dienone is 1. The van der Waals surface area contributed by atoms with E-state index in [0.29, 0.717) is 0 Å². The molecule has 0 aromatic rings. The lowest BCUT2D eigenvalue weighted by molar-refractivity contribution is 0.562. The van der Waals surface area contributed by atoms with E-state index < -0.39 is 0 Å². The maximum Gasteiger partial charge on any atom is 0.108 e. The van der Waals surface area contributed by atoms with Gasteiger partial charge in [-0.25, -0.2) is 4.39 Å². The average Bonchev–Trinajstić information content (AvgIpc) is 1.83. The third-order valence-corrected chi connectivity index (χ3v) is 2.67. The van der Waals surface area contributed by atoms with Crippen molar-refractivity contribution in [2.75, 3.05) is 19.5 Å². The molecule has 0 spiro atoms. The Morgan fingerprint density at radius 1 is 1.62 bits per heavy atom. The first-order valence-corrected chi connectivity index (χ1v) is 4.78. The molecule has 0 aliphatic rings. The predicted octanol–water partition coefficient (Wildman–Crippen LogP) is 2.60. The van der Waals surface area contributed by atoms with Crippen LogP contribution < -0.4 is 0 Å². The Kier molecular flexibility index (Phi) is 5.31. The van der Waals surface area contributed by atoms with E-state index in [9.17, 15) is 4.39 Å². The van der Waals surface area contributed by atoms with E-state index >= 15 is 0 Å². The van der Waals surface area contributed by atoms with Crippen LogP contribution in [0.15, 0.2) is 11.9 Å². The van der Waals surface area contributed by atoms with Crippen molar-refractivity contribution in [3.8, 4) is 0 Å². The molecule has 0 aromatic heterocycles. The molecule has 0 amide bonds. The van der Waals surface area contributed by atoms with Crippen LogP contribution in [0.1, 0.15) is 6.92 Å². The fourth-order valence-electron chi connectivity index (χ4n) is 0.325. The number of hydrogen-bond acceptors (Lipinski definition) is 0. The number of halogens is 1. The summed E-state index contributed by atoms with van der Waals surface area (Å²) in [6.07, 6.45) is 2.75. The molecule has 0 bridgehead atoms. The van der Waals surface area contributed by atoms with Crippen molar-refractivity contribution in [1.29, 1.82) is 0 Å². The van der Waals surface area contributed by atoms with Crippen LogP contribution in [0.4, 0.5) is 4.39 Å². The molecule has 48 valence electrons. The van der Waals surface area contributed by atoms with Crippen molar-refractivity contribution in [2.45, 2.75) is 6.92 Å². The number of hydrogen-bond donors (Lipinski definition) is 0. The molecular formula is C6H12FP. The smallest absolute Gasteiger partial charge is 0.108 e. The highest BCUT2D eigenvalue weighted by molar-refractivity contribution is 7.60. The fourth-order valence-corrected chi connectivity index (χ4v) is 0.976. The van der Waals surface area contributed by atoms with Gasteiger partial charge in [0.15, 0.2) is 0 Å². The topological polar surface area (TPSA) is 0 Å². The van der Waals surface area contributed by atoms with Gasteiger partial charge in [-0.15, -0.1) is 0 Å². The Morgan fingerprint density at radius 2 is 2.25 bits per heavy atom. The maximum atomic E-state index is 11.4. The van der Waals surface area contributed by atoms with Crippen molar-refractivity contribution in [1.82, 2.24) is 0 Å². The molecule has 0 nitrogen and oxygen atoms in total. The molecule has 0 radical (unpaired) electrons. The fraction of sp³-hybridized carbons (Fsp3) is 0.667. The van der Waals surface area contributed by atoms with Crippen LogP contribution in [0.5, 0.6) is 0 Å². The van der Waals surface area contributed by atoms with E-state index in [2.05, 4.69) is 13.6 Å². The van der Waals surface area contributed by atoms with Crippen LogP contribution in [0, 0.1) is 0 Å². The first-order chi connectivity index (χ1) is 3.81. The van der Waals surface area contributed by atoms with Crippen molar-refractivity contribution in [2.24, 2.45) is 0 Å². The van der Waals surface area contributed by atoms with Crippen LogP contribution in [0.3, 0.4) is 0 Å². The van der Waals surface area contributed by atoms with Crippen molar-refractivity contribution in [3.05, 3.63) is 11.9 Å². The molecule has 0 aromatic carbocycles. The standard InChI is InChI=1S/C6H12FP/c1-3-8(2)6-4-5-7/h4,6H,3,5H2,1-2H3/b6-4-. The van der Waals surface area contributed by atoms with E-state index in [1.54, 1.807) is 6.08 Å². The van der Waals surface area contributed by atoms with Gasteiger partial charge in [-0.05, 0) is 12.8 Å². The van der Waals surface area contributed by atoms with Gasteiger partial charge in [0.2, 0.25) is 0 Å². The van der Waals surface area contributed by atoms with Gasteiger partial charge in [-0.3, -0.25) is 0 Å². The van der Waals surface area contributed by atoms with Gasteiger partial charge >= 0.3 is 0 Å². The van der Waals surface area contributed by atoms with Crippen molar-refractivity contribution < 1.29 is 4.39 Å². The van der Waals surface area contributed by atoms with Crippen LogP contribution in [-0.2, 0) is 0 Å². The minimum atomic E-state index is -0.313. The molecule has 0 N–H and O–H groups in total. The minimum absolute atomic E-state index is 0.00479. The Labute approximate surface area is 51.5 Å². The minimum Gasteiger partial charge on any atom is -0.247 e. The van der Waals surface area contributed by atoms with Gasteiger partial charge in [-0.1, -0.05) is 26.7 Å². The Morgan fingerprint density at radius 3 is 2.62 bits per heavy atom. The average molecular weight is 134 g/mol. The molecule has 0 aliphatic heterocycles. The van der Waals surface area contributed by atoms with E-state index in [-0.39, 0.29) is 14.6 Å². The van der Waals surface area contributed by atoms with Gasteiger partial charge < -0.3 is 0 Å². The summed E-state index contributed by atoms with van der Waals surface area (Å²) in [6.45, 7) is 3.95. The lowest BCUT2D eigenvalue weighted by atomic mass is 10.7. The third kappa shape index (κ3) is 4.26. The molecule has 0 saturated carbocycles. The summed E-state index contributed by atoms with van der Waals surface area (Å²) < 4.78 is 11.4.